The fourth-order valence-electron chi connectivity index (χ4n) is 1.89. The van der Waals surface area contributed by atoms with Gasteiger partial charge in [-0.15, -0.1) is 0 Å². The Morgan fingerprint density at radius 2 is 2.00 bits per heavy atom. The molecule has 0 saturated carbocycles. The average Bonchev–Trinajstić information content (AvgIpc) is 2.25. The summed E-state index contributed by atoms with van der Waals surface area (Å²) in [7, 11) is -2.91. The molecule has 0 aliphatic carbocycles. The van der Waals surface area contributed by atoms with Gasteiger partial charge >= 0.3 is 0 Å². The zero-order valence-corrected chi connectivity index (χ0v) is 12.2. The van der Waals surface area contributed by atoms with E-state index in [0.29, 0.717) is 12.3 Å². The van der Waals surface area contributed by atoms with Crippen molar-refractivity contribution in [3.05, 3.63) is 0 Å². The van der Waals surface area contributed by atoms with E-state index >= 15 is 0 Å². The third-order valence-corrected chi connectivity index (χ3v) is 5.22. The predicted molar refractivity (Wildman–Crippen MR) is 72.1 cm³/mol. The Bertz CT molecular complexity index is 379. The summed E-state index contributed by atoms with van der Waals surface area (Å²) in [6.45, 7) is 6.25. The Balaban J connectivity index is 2.30. The highest BCUT2D eigenvalue weighted by atomic mass is 32.2. The molecular formula is C12H24N2O3S. The Labute approximate surface area is 110 Å². The lowest BCUT2D eigenvalue weighted by atomic mass is 10.1. The molecule has 5 nitrogen and oxygen atoms in total. The number of carbonyl (C=O) groups is 1. The normalized spacial score (nSPS) is 24.8. The Morgan fingerprint density at radius 1 is 1.33 bits per heavy atom. The molecule has 106 valence electrons. The topological polar surface area (TPSA) is 75.3 Å². The van der Waals surface area contributed by atoms with Gasteiger partial charge in [0.15, 0.2) is 9.84 Å². The SMILES string of the molecule is CC(C)C(C)NC(=O)CNC1CCCS(=O)(=O)C1. The molecule has 18 heavy (non-hydrogen) atoms. The van der Waals surface area contributed by atoms with Crippen LogP contribution in [0.1, 0.15) is 33.6 Å². The van der Waals surface area contributed by atoms with E-state index in [1.54, 1.807) is 0 Å². The second-order valence-corrected chi connectivity index (χ2v) is 7.66. The highest BCUT2D eigenvalue weighted by molar-refractivity contribution is 7.91. The predicted octanol–water partition coefficient (Wildman–Crippen LogP) is 0.314. The fourth-order valence-corrected chi connectivity index (χ4v) is 3.56. The van der Waals surface area contributed by atoms with E-state index in [9.17, 15) is 13.2 Å². The number of hydrogen-bond acceptors (Lipinski definition) is 4. The van der Waals surface area contributed by atoms with Crippen molar-refractivity contribution in [3.8, 4) is 0 Å². The second kappa shape index (κ2) is 6.52. The summed E-state index contributed by atoms with van der Waals surface area (Å²) < 4.78 is 22.9. The first-order chi connectivity index (χ1) is 8.30. The molecule has 1 aliphatic heterocycles. The van der Waals surface area contributed by atoms with E-state index in [2.05, 4.69) is 10.6 Å². The average molecular weight is 276 g/mol. The molecule has 2 atom stereocenters. The van der Waals surface area contributed by atoms with Crippen LogP contribution in [-0.4, -0.2) is 44.5 Å². The smallest absolute Gasteiger partial charge is 0.234 e. The van der Waals surface area contributed by atoms with Gasteiger partial charge in [0, 0.05) is 12.1 Å². The van der Waals surface area contributed by atoms with E-state index < -0.39 is 9.84 Å². The minimum absolute atomic E-state index is 0.0702. The minimum atomic E-state index is -2.91. The number of carbonyl (C=O) groups excluding carboxylic acids is 1. The van der Waals surface area contributed by atoms with Crippen LogP contribution in [0.2, 0.25) is 0 Å². The number of hydrogen-bond donors (Lipinski definition) is 2. The highest BCUT2D eigenvalue weighted by Gasteiger charge is 2.24. The van der Waals surface area contributed by atoms with Crippen molar-refractivity contribution in [2.75, 3.05) is 18.1 Å². The van der Waals surface area contributed by atoms with Crippen LogP contribution in [0.4, 0.5) is 0 Å². The minimum Gasteiger partial charge on any atom is -0.352 e. The molecule has 6 heteroatoms. The van der Waals surface area contributed by atoms with E-state index in [-0.39, 0.29) is 36.0 Å². The standard InChI is InChI=1S/C12H24N2O3S/c1-9(2)10(3)14-12(15)7-13-11-5-4-6-18(16,17)8-11/h9-11,13H,4-8H2,1-3H3,(H,14,15). The lowest BCUT2D eigenvalue weighted by Gasteiger charge is -2.23. The maximum Gasteiger partial charge on any atom is 0.234 e. The monoisotopic (exact) mass is 276 g/mol. The fraction of sp³-hybridized carbons (Fsp3) is 0.917. The number of rotatable bonds is 5. The van der Waals surface area contributed by atoms with Gasteiger partial charge in [0.05, 0.1) is 18.1 Å². The first-order valence-electron chi connectivity index (χ1n) is 6.53. The van der Waals surface area contributed by atoms with Crippen LogP contribution in [-0.2, 0) is 14.6 Å². The largest absolute Gasteiger partial charge is 0.352 e. The van der Waals surface area contributed by atoms with Crippen LogP contribution in [0, 0.1) is 5.92 Å². The summed E-state index contributed by atoms with van der Waals surface area (Å²) in [4.78, 5) is 11.6. The third kappa shape index (κ3) is 5.35. The molecule has 1 rings (SSSR count). The quantitative estimate of drug-likeness (QED) is 0.758. The Kier molecular flexibility index (Phi) is 5.59. The molecule has 0 aromatic carbocycles. The molecule has 0 aromatic heterocycles. The number of nitrogens with one attached hydrogen (secondary N) is 2. The first kappa shape index (κ1) is 15.4. The van der Waals surface area contributed by atoms with Crippen LogP contribution >= 0.6 is 0 Å². The molecule has 0 radical (unpaired) electrons. The van der Waals surface area contributed by atoms with Gasteiger partial charge in [0.2, 0.25) is 5.91 Å². The lowest BCUT2D eigenvalue weighted by Crippen LogP contribution is -2.47. The van der Waals surface area contributed by atoms with Crippen molar-refractivity contribution >= 4 is 15.7 Å². The van der Waals surface area contributed by atoms with Gasteiger partial charge in [0.1, 0.15) is 0 Å². The van der Waals surface area contributed by atoms with Crippen molar-refractivity contribution in [1.82, 2.24) is 10.6 Å². The zero-order chi connectivity index (χ0) is 13.8. The lowest BCUT2D eigenvalue weighted by molar-refractivity contribution is -0.121. The maximum atomic E-state index is 11.6. The Hall–Kier alpha value is -0.620. The number of amides is 1. The molecule has 1 aliphatic rings. The van der Waals surface area contributed by atoms with Crippen LogP contribution in [0.15, 0.2) is 0 Å². The summed E-state index contributed by atoms with van der Waals surface area (Å²) in [6.07, 6.45) is 1.51. The summed E-state index contributed by atoms with van der Waals surface area (Å²) in [5, 5.41) is 5.92. The third-order valence-electron chi connectivity index (χ3n) is 3.40. The molecule has 0 bridgehead atoms. The van der Waals surface area contributed by atoms with Crippen molar-refractivity contribution in [1.29, 1.82) is 0 Å². The van der Waals surface area contributed by atoms with Crippen LogP contribution in [0.3, 0.4) is 0 Å². The maximum absolute atomic E-state index is 11.6. The van der Waals surface area contributed by atoms with Crippen molar-refractivity contribution < 1.29 is 13.2 Å². The first-order valence-corrected chi connectivity index (χ1v) is 8.35. The van der Waals surface area contributed by atoms with E-state index in [4.69, 9.17) is 0 Å². The van der Waals surface area contributed by atoms with Crippen molar-refractivity contribution in [2.24, 2.45) is 5.92 Å². The van der Waals surface area contributed by atoms with E-state index in [1.807, 2.05) is 20.8 Å². The van der Waals surface area contributed by atoms with Crippen molar-refractivity contribution in [2.45, 2.75) is 45.7 Å². The van der Waals surface area contributed by atoms with Gasteiger partial charge in [0.25, 0.3) is 0 Å². The van der Waals surface area contributed by atoms with Crippen molar-refractivity contribution in [3.63, 3.8) is 0 Å². The molecule has 0 aromatic rings. The van der Waals surface area contributed by atoms with E-state index in [1.165, 1.54) is 0 Å². The summed E-state index contributed by atoms with van der Waals surface area (Å²) in [5.41, 5.74) is 0. The molecule has 1 fully saturated rings. The zero-order valence-electron chi connectivity index (χ0n) is 11.4. The van der Waals surface area contributed by atoms with Gasteiger partial charge < -0.3 is 10.6 Å². The summed E-state index contributed by atoms with van der Waals surface area (Å²) in [6, 6.07) is 0.0539. The van der Waals surface area contributed by atoms with Crippen LogP contribution < -0.4 is 10.6 Å². The van der Waals surface area contributed by atoms with Gasteiger partial charge in [-0.3, -0.25) is 4.79 Å². The van der Waals surface area contributed by atoms with Gasteiger partial charge in [-0.1, -0.05) is 13.8 Å². The van der Waals surface area contributed by atoms with Gasteiger partial charge in [-0.05, 0) is 25.7 Å². The highest BCUT2D eigenvalue weighted by Crippen LogP contribution is 2.11. The Morgan fingerprint density at radius 3 is 2.56 bits per heavy atom. The molecule has 2 N–H and O–H groups in total. The molecule has 2 unspecified atom stereocenters. The van der Waals surface area contributed by atoms with E-state index in [0.717, 1.165) is 6.42 Å². The van der Waals surface area contributed by atoms with Gasteiger partial charge in [-0.25, -0.2) is 8.42 Å². The molecule has 1 heterocycles. The summed E-state index contributed by atoms with van der Waals surface area (Å²) >= 11 is 0. The molecule has 1 saturated heterocycles. The number of sulfone groups is 1. The molecular weight excluding hydrogens is 252 g/mol. The molecule has 1 amide bonds. The van der Waals surface area contributed by atoms with Gasteiger partial charge in [-0.2, -0.15) is 0 Å². The molecule has 0 spiro atoms. The van der Waals surface area contributed by atoms with Crippen LogP contribution in [0.25, 0.3) is 0 Å². The second-order valence-electron chi connectivity index (χ2n) is 5.43. The van der Waals surface area contributed by atoms with Crippen LogP contribution in [0.5, 0.6) is 0 Å². The summed E-state index contributed by atoms with van der Waals surface area (Å²) in [5.74, 6) is 0.755.